The molecule has 1 aromatic carbocycles. The average molecular weight is 337 g/mol. The van der Waals surface area contributed by atoms with Crippen molar-refractivity contribution in [2.75, 3.05) is 0 Å². The molecule has 3 N–H and O–H groups in total. The maximum absolute atomic E-state index is 5.84. The minimum Gasteiger partial charge on any atom is -0.337 e. The number of hydrogen-bond donors (Lipinski definition) is 2. The number of thiazole rings is 1. The van der Waals surface area contributed by atoms with Crippen LogP contribution in [0.1, 0.15) is 23.5 Å². The van der Waals surface area contributed by atoms with Crippen LogP contribution < -0.4 is 5.73 Å². The van der Waals surface area contributed by atoms with Gasteiger partial charge in [0.25, 0.3) is 0 Å². The zero-order valence-corrected chi connectivity index (χ0v) is 13.0. The highest BCUT2D eigenvalue weighted by atomic mass is 79.9. The summed E-state index contributed by atoms with van der Waals surface area (Å²) in [4.78, 5) is 12.4. The molecule has 0 saturated heterocycles. The first-order valence-electron chi connectivity index (χ1n) is 5.92. The van der Waals surface area contributed by atoms with Crippen LogP contribution >= 0.6 is 27.3 Å². The highest BCUT2D eigenvalue weighted by Crippen LogP contribution is 2.27. The lowest BCUT2D eigenvalue weighted by Gasteiger charge is -1.96. The summed E-state index contributed by atoms with van der Waals surface area (Å²) in [5.74, 6) is 0.791. The van der Waals surface area contributed by atoms with Crippen molar-refractivity contribution in [3.63, 3.8) is 0 Å². The summed E-state index contributed by atoms with van der Waals surface area (Å²) in [6.45, 7) is 3.98. The maximum atomic E-state index is 5.84. The molecule has 1 unspecified atom stereocenters. The normalized spacial score (nSPS) is 13.1. The summed E-state index contributed by atoms with van der Waals surface area (Å²) < 4.78 is 1.04. The van der Waals surface area contributed by atoms with Crippen LogP contribution in [0.5, 0.6) is 0 Å². The summed E-state index contributed by atoms with van der Waals surface area (Å²) in [5.41, 5.74) is 9.81. The lowest BCUT2D eigenvalue weighted by molar-refractivity contribution is 0.807. The van der Waals surface area contributed by atoms with Gasteiger partial charge >= 0.3 is 0 Å². The van der Waals surface area contributed by atoms with Crippen molar-refractivity contribution in [1.29, 1.82) is 0 Å². The van der Waals surface area contributed by atoms with E-state index in [1.54, 1.807) is 11.3 Å². The molecule has 3 aromatic rings. The maximum Gasteiger partial charge on any atom is 0.158 e. The SMILES string of the molecule is Cc1cc(Br)cc2[nH]c(-c3csc(C(C)N)n3)nc12. The van der Waals surface area contributed by atoms with Crippen LogP contribution in [0.2, 0.25) is 0 Å². The molecule has 19 heavy (non-hydrogen) atoms. The lowest BCUT2D eigenvalue weighted by atomic mass is 10.2. The first-order chi connectivity index (χ1) is 9.04. The van der Waals surface area contributed by atoms with Crippen LogP contribution in [-0.2, 0) is 0 Å². The van der Waals surface area contributed by atoms with Gasteiger partial charge in [-0.2, -0.15) is 0 Å². The van der Waals surface area contributed by atoms with E-state index in [0.29, 0.717) is 0 Å². The van der Waals surface area contributed by atoms with Crippen molar-refractivity contribution in [2.24, 2.45) is 5.73 Å². The van der Waals surface area contributed by atoms with Crippen molar-refractivity contribution in [3.05, 3.63) is 32.6 Å². The molecule has 0 bridgehead atoms. The summed E-state index contributed by atoms with van der Waals surface area (Å²) in [5, 5.41) is 2.91. The van der Waals surface area contributed by atoms with Gasteiger partial charge in [-0.3, -0.25) is 0 Å². The number of H-pyrrole nitrogens is 1. The van der Waals surface area contributed by atoms with Gasteiger partial charge in [-0.05, 0) is 31.5 Å². The van der Waals surface area contributed by atoms with E-state index in [1.807, 2.05) is 25.3 Å². The zero-order chi connectivity index (χ0) is 13.6. The molecule has 0 spiro atoms. The number of hydrogen-bond acceptors (Lipinski definition) is 4. The van der Waals surface area contributed by atoms with Gasteiger partial charge in [-0.15, -0.1) is 11.3 Å². The largest absolute Gasteiger partial charge is 0.337 e. The Morgan fingerprint density at radius 3 is 2.84 bits per heavy atom. The number of imidazole rings is 1. The predicted molar refractivity (Wildman–Crippen MR) is 82.2 cm³/mol. The van der Waals surface area contributed by atoms with Crippen molar-refractivity contribution in [3.8, 4) is 11.5 Å². The van der Waals surface area contributed by atoms with Crippen LogP contribution in [0.3, 0.4) is 0 Å². The van der Waals surface area contributed by atoms with Crippen molar-refractivity contribution in [1.82, 2.24) is 15.0 Å². The smallest absolute Gasteiger partial charge is 0.158 e. The number of halogens is 1. The van der Waals surface area contributed by atoms with E-state index in [1.165, 1.54) is 0 Å². The van der Waals surface area contributed by atoms with Crippen LogP contribution in [0.4, 0.5) is 0 Å². The fourth-order valence-electron chi connectivity index (χ4n) is 1.97. The third-order valence-electron chi connectivity index (χ3n) is 2.90. The number of nitrogens with one attached hydrogen (secondary N) is 1. The van der Waals surface area contributed by atoms with Gasteiger partial charge in [0.15, 0.2) is 5.82 Å². The second kappa shape index (κ2) is 4.70. The Balaban J connectivity index is 2.12. The van der Waals surface area contributed by atoms with Crippen LogP contribution in [0.15, 0.2) is 22.0 Å². The molecule has 0 saturated carbocycles. The number of aromatic amines is 1. The van der Waals surface area contributed by atoms with Crippen molar-refractivity contribution < 1.29 is 0 Å². The van der Waals surface area contributed by atoms with E-state index >= 15 is 0 Å². The highest BCUT2D eigenvalue weighted by molar-refractivity contribution is 9.10. The molecule has 1 atom stereocenters. The Kier molecular flexibility index (Phi) is 3.16. The van der Waals surface area contributed by atoms with E-state index in [4.69, 9.17) is 5.73 Å². The summed E-state index contributed by atoms with van der Waals surface area (Å²) in [7, 11) is 0. The van der Waals surface area contributed by atoms with Gasteiger partial charge in [-0.25, -0.2) is 9.97 Å². The topological polar surface area (TPSA) is 67.6 Å². The number of rotatable bonds is 2. The Bertz CT molecular complexity index is 744. The minimum atomic E-state index is -0.0426. The molecular weight excluding hydrogens is 324 g/mol. The molecular formula is C13H13BrN4S. The van der Waals surface area contributed by atoms with Crippen LogP contribution in [0.25, 0.3) is 22.6 Å². The third kappa shape index (κ3) is 2.31. The van der Waals surface area contributed by atoms with E-state index in [2.05, 4.69) is 36.9 Å². The van der Waals surface area contributed by atoms with Gasteiger partial charge in [0, 0.05) is 9.85 Å². The van der Waals surface area contributed by atoms with Crippen LogP contribution in [-0.4, -0.2) is 15.0 Å². The first-order valence-corrected chi connectivity index (χ1v) is 7.59. The van der Waals surface area contributed by atoms with Crippen molar-refractivity contribution >= 4 is 38.3 Å². The van der Waals surface area contributed by atoms with E-state index in [0.717, 1.165) is 37.6 Å². The predicted octanol–water partition coefficient (Wildman–Crippen LogP) is 3.78. The molecule has 4 nitrogen and oxygen atoms in total. The minimum absolute atomic E-state index is 0.0426. The Labute approximate surface area is 123 Å². The van der Waals surface area contributed by atoms with Gasteiger partial charge in [0.1, 0.15) is 10.7 Å². The molecule has 98 valence electrons. The zero-order valence-electron chi connectivity index (χ0n) is 10.6. The Hall–Kier alpha value is -1.24. The molecule has 0 amide bonds. The molecule has 0 radical (unpaired) electrons. The monoisotopic (exact) mass is 336 g/mol. The second-order valence-corrected chi connectivity index (χ2v) is 6.37. The van der Waals surface area contributed by atoms with Gasteiger partial charge in [0.05, 0.1) is 17.1 Å². The van der Waals surface area contributed by atoms with Gasteiger partial charge in [0.2, 0.25) is 0 Å². The molecule has 0 fully saturated rings. The van der Waals surface area contributed by atoms with Crippen LogP contribution in [0, 0.1) is 6.92 Å². The van der Waals surface area contributed by atoms with Gasteiger partial charge in [-0.1, -0.05) is 15.9 Å². The molecule has 0 aliphatic heterocycles. The molecule has 6 heteroatoms. The number of benzene rings is 1. The number of fused-ring (bicyclic) bond motifs is 1. The molecule has 0 aliphatic carbocycles. The van der Waals surface area contributed by atoms with E-state index in [-0.39, 0.29) is 6.04 Å². The van der Waals surface area contributed by atoms with Crippen molar-refractivity contribution in [2.45, 2.75) is 19.9 Å². The van der Waals surface area contributed by atoms with E-state index < -0.39 is 0 Å². The standard InChI is InChI=1S/C13H13BrN4S/c1-6-3-8(14)4-9-11(6)18-12(16-9)10-5-19-13(17-10)7(2)15/h3-5,7H,15H2,1-2H3,(H,16,18). The molecule has 2 heterocycles. The lowest BCUT2D eigenvalue weighted by Crippen LogP contribution is -2.03. The Morgan fingerprint density at radius 1 is 1.37 bits per heavy atom. The summed E-state index contributed by atoms with van der Waals surface area (Å²) >= 11 is 5.06. The molecule has 3 rings (SSSR count). The fourth-order valence-corrected chi connectivity index (χ4v) is 3.31. The first kappa shape index (κ1) is 12.8. The van der Waals surface area contributed by atoms with E-state index in [9.17, 15) is 0 Å². The number of aromatic nitrogens is 3. The fraction of sp³-hybridized carbons (Fsp3) is 0.231. The average Bonchev–Trinajstić information content (AvgIpc) is 2.92. The number of aryl methyl sites for hydroxylation is 1. The summed E-state index contributed by atoms with van der Waals surface area (Å²) in [6, 6.07) is 4.04. The highest BCUT2D eigenvalue weighted by Gasteiger charge is 2.12. The third-order valence-corrected chi connectivity index (χ3v) is 4.40. The molecule has 0 aliphatic rings. The second-order valence-electron chi connectivity index (χ2n) is 4.56. The summed E-state index contributed by atoms with van der Waals surface area (Å²) in [6.07, 6.45) is 0. The Morgan fingerprint density at radius 2 is 2.16 bits per heavy atom. The van der Waals surface area contributed by atoms with Gasteiger partial charge < -0.3 is 10.7 Å². The number of nitrogens with two attached hydrogens (primary N) is 1. The quantitative estimate of drug-likeness (QED) is 0.748. The molecule has 2 aromatic heterocycles. The number of nitrogens with zero attached hydrogens (tertiary/aromatic N) is 2.